The fraction of sp³-hybridized carbons (Fsp3) is 0.857. The van der Waals surface area contributed by atoms with E-state index in [2.05, 4.69) is 11.4 Å². The predicted molar refractivity (Wildman–Crippen MR) is 35.8 cm³/mol. The molecular weight excluding hydrogens is 112 g/mol. The number of rotatable bonds is 3. The second-order valence-electron chi connectivity index (χ2n) is 2.50. The molecule has 1 rings (SSSR count). The van der Waals surface area contributed by atoms with Crippen LogP contribution in [0.2, 0.25) is 0 Å². The molecule has 2 nitrogen and oxygen atoms in total. The third kappa shape index (κ3) is 1.69. The Labute approximate surface area is 55.9 Å². The molecule has 1 N–H and O–H groups in total. The lowest BCUT2D eigenvalue weighted by Crippen LogP contribution is -2.28. The molecule has 9 heavy (non-hydrogen) atoms. The molecule has 0 aromatic rings. The monoisotopic (exact) mass is 124 g/mol. The van der Waals surface area contributed by atoms with Crippen LogP contribution >= 0.6 is 0 Å². The molecule has 1 atom stereocenters. The molecule has 1 fully saturated rings. The fourth-order valence-electron chi connectivity index (χ4n) is 0.967. The van der Waals surface area contributed by atoms with Gasteiger partial charge in [0.05, 0.1) is 12.1 Å². The van der Waals surface area contributed by atoms with E-state index in [1.165, 1.54) is 12.8 Å². The minimum absolute atomic E-state index is 0.134. The van der Waals surface area contributed by atoms with Crippen molar-refractivity contribution >= 4 is 0 Å². The number of nitriles is 1. The predicted octanol–water partition coefficient (Wildman–Crippen LogP) is 0.898. The maximum Gasteiger partial charge on any atom is 0.0981 e. The lowest BCUT2D eigenvalue weighted by molar-refractivity contribution is 0.567. The molecule has 2 heteroatoms. The Kier molecular flexibility index (Phi) is 2.07. The number of hydrogen-bond donors (Lipinski definition) is 1. The molecule has 1 aliphatic rings. The molecule has 0 spiro atoms. The highest BCUT2D eigenvalue weighted by Gasteiger charge is 2.30. The molecule has 0 heterocycles. The van der Waals surface area contributed by atoms with Crippen molar-refractivity contribution in [2.24, 2.45) is 5.92 Å². The van der Waals surface area contributed by atoms with Crippen LogP contribution < -0.4 is 5.32 Å². The van der Waals surface area contributed by atoms with Crippen LogP contribution in [0.5, 0.6) is 0 Å². The van der Waals surface area contributed by atoms with E-state index in [4.69, 9.17) is 5.26 Å². The van der Waals surface area contributed by atoms with Crippen molar-refractivity contribution in [1.29, 1.82) is 5.26 Å². The summed E-state index contributed by atoms with van der Waals surface area (Å²) in [7, 11) is 0. The molecule has 0 aliphatic heterocycles. The summed E-state index contributed by atoms with van der Waals surface area (Å²) in [4.78, 5) is 0. The summed E-state index contributed by atoms with van der Waals surface area (Å²) in [6.07, 6.45) is 2.48. The SMILES string of the molecule is CCN[C@H](C#N)C1CC1. The van der Waals surface area contributed by atoms with Crippen molar-refractivity contribution in [3.8, 4) is 6.07 Å². The maximum absolute atomic E-state index is 8.56. The summed E-state index contributed by atoms with van der Waals surface area (Å²) in [5, 5.41) is 11.7. The molecule has 1 saturated carbocycles. The molecular formula is C7H12N2. The van der Waals surface area contributed by atoms with Crippen molar-refractivity contribution < 1.29 is 0 Å². The highest BCUT2D eigenvalue weighted by atomic mass is 14.9. The molecule has 1 aliphatic carbocycles. The van der Waals surface area contributed by atoms with Gasteiger partial charge in [0, 0.05) is 0 Å². The van der Waals surface area contributed by atoms with Crippen molar-refractivity contribution in [3.63, 3.8) is 0 Å². The second kappa shape index (κ2) is 2.84. The second-order valence-corrected chi connectivity index (χ2v) is 2.50. The molecule has 50 valence electrons. The van der Waals surface area contributed by atoms with E-state index in [1.54, 1.807) is 0 Å². The molecule has 0 radical (unpaired) electrons. The van der Waals surface area contributed by atoms with E-state index in [0.717, 1.165) is 6.54 Å². The summed E-state index contributed by atoms with van der Waals surface area (Å²) in [6, 6.07) is 2.39. The first-order valence-corrected chi connectivity index (χ1v) is 3.51. The minimum Gasteiger partial charge on any atom is -0.302 e. The Bertz CT molecular complexity index is 121. The standard InChI is InChI=1S/C7H12N2/c1-2-9-7(5-8)6-3-4-6/h6-7,9H,2-4H2,1H3/t7-/m1/s1. The quantitative estimate of drug-likeness (QED) is 0.606. The number of nitrogens with zero attached hydrogens (tertiary/aromatic N) is 1. The van der Waals surface area contributed by atoms with Gasteiger partial charge >= 0.3 is 0 Å². The molecule has 0 saturated heterocycles. The van der Waals surface area contributed by atoms with Gasteiger partial charge < -0.3 is 5.32 Å². The maximum atomic E-state index is 8.56. The lowest BCUT2D eigenvalue weighted by atomic mass is 10.2. The normalized spacial score (nSPS) is 20.9. The van der Waals surface area contributed by atoms with E-state index in [-0.39, 0.29) is 6.04 Å². The Hall–Kier alpha value is -0.550. The van der Waals surface area contributed by atoms with Crippen LogP contribution in [0.4, 0.5) is 0 Å². The van der Waals surface area contributed by atoms with Crippen molar-refractivity contribution in [1.82, 2.24) is 5.32 Å². The van der Waals surface area contributed by atoms with E-state index in [1.807, 2.05) is 6.92 Å². The zero-order chi connectivity index (χ0) is 6.69. The van der Waals surface area contributed by atoms with E-state index in [9.17, 15) is 0 Å². The zero-order valence-electron chi connectivity index (χ0n) is 5.72. The summed E-state index contributed by atoms with van der Waals surface area (Å²) in [6.45, 7) is 2.95. The van der Waals surface area contributed by atoms with Crippen LogP contribution in [0.25, 0.3) is 0 Å². The van der Waals surface area contributed by atoms with Crippen LogP contribution in [0, 0.1) is 17.2 Å². The third-order valence-corrected chi connectivity index (χ3v) is 1.66. The Morgan fingerprint density at radius 2 is 2.44 bits per heavy atom. The van der Waals surface area contributed by atoms with Gasteiger partial charge in [0.2, 0.25) is 0 Å². The van der Waals surface area contributed by atoms with Gasteiger partial charge in [0.25, 0.3) is 0 Å². The first-order valence-electron chi connectivity index (χ1n) is 3.51. The van der Waals surface area contributed by atoms with Gasteiger partial charge in [-0.2, -0.15) is 5.26 Å². The minimum atomic E-state index is 0.134. The molecule has 0 aromatic carbocycles. The van der Waals surface area contributed by atoms with Gasteiger partial charge in [0.15, 0.2) is 0 Å². The van der Waals surface area contributed by atoms with Crippen molar-refractivity contribution in [2.75, 3.05) is 6.54 Å². The molecule has 0 aromatic heterocycles. The van der Waals surface area contributed by atoms with Gasteiger partial charge in [-0.3, -0.25) is 0 Å². The zero-order valence-corrected chi connectivity index (χ0v) is 5.72. The van der Waals surface area contributed by atoms with Gasteiger partial charge in [-0.15, -0.1) is 0 Å². The highest BCUT2D eigenvalue weighted by Crippen LogP contribution is 2.32. The summed E-state index contributed by atoms with van der Waals surface area (Å²) >= 11 is 0. The van der Waals surface area contributed by atoms with Crippen LogP contribution in [0.15, 0.2) is 0 Å². The van der Waals surface area contributed by atoms with Gasteiger partial charge in [-0.05, 0) is 25.3 Å². The van der Waals surface area contributed by atoms with Crippen LogP contribution in [0.1, 0.15) is 19.8 Å². The Morgan fingerprint density at radius 3 is 2.78 bits per heavy atom. The first kappa shape index (κ1) is 6.57. The first-order chi connectivity index (χ1) is 4.38. The van der Waals surface area contributed by atoms with E-state index >= 15 is 0 Å². The Morgan fingerprint density at radius 1 is 1.78 bits per heavy atom. The number of nitrogens with one attached hydrogen (secondary N) is 1. The van der Waals surface area contributed by atoms with Gasteiger partial charge in [-0.25, -0.2) is 0 Å². The molecule has 0 bridgehead atoms. The van der Waals surface area contributed by atoms with Crippen molar-refractivity contribution in [2.45, 2.75) is 25.8 Å². The van der Waals surface area contributed by atoms with Crippen LogP contribution in [-0.4, -0.2) is 12.6 Å². The van der Waals surface area contributed by atoms with Crippen molar-refractivity contribution in [3.05, 3.63) is 0 Å². The summed E-state index contributed by atoms with van der Waals surface area (Å²) < 4.78 is 0. The van der Waals surface area contributed by atoms with Gasteiger partial charge in [0.1, 0.15) is 0 Å². The van der Waals surface area contributed by atoms with E-state index in [0.29, 0.717) is 5.92 Å². The summed E-state index contributed by atoms with van der Waals surface area (Å²) in [5.41, 5.74) is 0. The highest BCUT2D eigenvalue weighted by molar-refractivity contribution is 5.00. The average molecular weight is 124 g/mol. The van der Waals surface area contributed by atoms with Crippen LogP contribution in [-0.2, 0) is 0 Å². The fourth-order valence-corrected chi connectivity index (χ4v) is 0.967. The smallest absolute Gasteiger partial charge is 0.0981 e. The largest absolute Gasteiger partial charge is 0.302 e. The third-order valence-electron chi connectivity index (χ3n) is 1.66. The molecule has 0 unspecified atom stereocenters. The summed E-state index contributed by atoms with van der Waals surface area (Å²) in [5.74, 6) is 0.662. The molecule has 0 amide bonds. The Balaban J connectivity index is 2.23. The lowest BCUT2D eigenvalue weighted by Gasteiger charge is -2.05. The average Bonchev–Trinajstić information content (AvgIpc) is 2.64. The number of hydrogen-bond acceptors (Lipinski definition) is 2. The van der Waals surface area contributed by atoms with E-state index < -0.39 is 0 Å². The topological polar surface area (TPSA) is 35.8 Å². The van der Waals surface area contributed by atoms with Crippen LogP contribution in [0.3, 0.4) is 0 Å². The van der Waals surface area contributed by atoms with Gasteiger partial charge in [-0.1, -0.05) is 6.92 Å².